The first-order valence-corrected chi connectivity index (χ1v) is 12.5. The molecule has 1 saturated heterocycles. The largest absolute Gasteiger partial charge is 0.379 e. The van der Waals surface area contributed by atoms with E-state index in [0.29, 0.717) is 43.2 Å². The molecule has 5 rings (SSSR count). The molecule has 0 bridgehead atoms. The number of unbranched alkanes of at least 4 members (excludes halogenated alkanes) is 1. The average molecular weight is 479 g/mol. The average Bonchev–Trinajstić information content (AvgIpc) is 3.37. The molecular formula is C26H34N6O3. The number of nitrogens with zero attached hydrogens (tertiary/aromatic N) is 6. The lowest BCUT2D eigenvalue weighted by atomic mass is 10.1. The third kappa shape index (κ3) is 4.02. The molecule has 9 nitrogen and oxygen atoms in total. The Morgan fingerprint density at radius 3 is 2.40 bits per heavy atom. The molecule has 0 atom stereocenters. The molecule has 0 spiro atoms. The lowest BCUT2D eigenvalue weighted by Crippen LogP contribution is -2.44. The summed E-state index contributed by atoms with van der Waals surface area (Å²) < 4.78 is 12.2. The second kappa shape index (κ2) is 9.47. The van der Waals surface area contributed by atoms with Crippen LogP contribution in [0.2, 0.25) is 0 Å². The molecule has 0 radical (unpaired) electrons. The SMILES string of the molecule is CCCCc1ccc(-n2c(C)c(C)n3c4c(=O)n(CCN5CCOCC5)c(=O)n(C)c4nc23)cc1. The van der Waals surface area contributed by atoms with Crippen LogP contribution in [0, 0.1) is 13.8 Å². The summed E-state index contributed by atoms with van der Waals surface area (Å²) in [6.45, 7) is 10.2. The van der Waals surface area contributed by atoms with Gasteiger partial charge in [-0.2, -0.15) is 4.98 Å². The highest BCUT2D eigenvalue weighted by Gasteiger charge is 2.23. The number of ether oxygens (including phenoxy) is 1. The van der Waals surface area contributed by atoms with Gasteiger partial charge in [-0.3, -0.25) is 27.8 Å². The Kier molecular flexibility index (Phi) is 6.37. The van der Waals surface area contributed by atoms with E-state index in [1.807, 2.05) is 18.2 Å². The molecule has 0 unspecified atom stereocenters. The van der Waals surface area contributed by atoms with Crippen molar-refractivity contribution in [1.29, 1.82) is 0 Å². The maximum Gasteiger partial charge on any atom is 0.332 e. The Labute approximate surface area is 204 Å². The highest BCUT2D eigenvalue weighted by atomic mass is 16.5. The van der Waals surface area contributed by atoms with E-state index in [2.05, 4.69) is 40.7 Å². The molecule has 3 aromatic heterocycles. The van der Waals surface area contributed by atoms with Gasteiger partial charge < -0.3 is 4.74 Å². The highest BCUT2D eigenvalue weighted by Crippen LogP contribution is 2.25. The minimum Gasteiger partial charge on any atom is -0.379 e. The van der Waals surface area contributed by atoms with E-state index < -0.39 is 0 Å². The van der Waals surface area contributed by atoms with Crippen LogP contribution in [0.3, 0.4) is 0 Å². The molecule has 0 N–H and O–H groups in total. The summed E-state index contributed by atoms with van der Waals surface area (Å²) in [5.74, 6) is 0.648. The van der Waals surface area contributed by atoms with Crippen molar-refractivity contribution in [2.45, 2.75) is 46.6 Å². The predicted molar refractivity (Wildman–Crippen MR) is 137 cm³/mol. The smallest absolute Gasteiger partial charge is 0.332 e. The van der Waals surface area contributed by atoms with Crippen LogP contribution in [0.15, 0.2) is 33.9 Å². The van der Waals surface area contributed by atoms with Crippen LogP contribution in [-0.2, 0) is 24.8 Å². The predicted octanol–water partition coefficient (Wildman–Crippen LogP) is 2.43. The number of imidazole rings is 2. The van der Waals surface area contributed by atoms with E-state index in [1.54, 1.807) is 7.05 Å². The molecule has 1 aliphatic heterocycles. The number of aryl methyl sites for hydroxylation is 3. The minimum atomic E-state index is -0.335. The summed E-state index contributed by atoms with van der Waals surface area (Å²) in [6, 6.07) is 8.54. The van der Waals surface area contributed by atoms with E-state index in [4.69, 9.17) is 9.72 Å². The van der Waals surface area contributed by atoms with Gasteiger partial charge in [0, 0.05) is 50.3 Å². The third-order valence-corrected chi connectivity index (χ3v) is 7.28. The first-order chi connectivity index (χ1) is 16.9. The molecule has 186 valence electrons. The summed E-state index contributed by atoms with van der Waals surface area (Å²) in [4.78, 5) is 33.8. The molecular weight excluding hydrogens is 444 g/mol. The van der Waals surface area contributed by atoms with Gasteiger partial charge in [-0.15, -0.1) is 0 Å². The summed E-state index contributed by atoms with van der Waals surface area (Å²) in [5.41, 5.74) is 4.49. The first-order valence-electron chi connectivity index (χ1n) is 12.5. The zero-order valence-corrected chi connectivity index (χ0v) is 21.1. The van der Waals surface area contributed by atoms with Crippen LogP contribution >= 0.6 is 0 Å². The lowest BCUT2D eigenvalue weighted by Gasteiger charge is -2.26. The maximum absolute atomic E-state index is 13.6. The second-order valence-corrected chi connectivity index (χ2v) is 9.45. The quantitative estimate of drug-likeness (QED) is 0.408. The Morgan fingerprint density at radius 2 is 1.71 bits per heavy atom. The van der Waals surface area contributed by atoms with Crippen molar-refractivity contribution < 1.29 is 4.74 Å². The topological polar surface area (TPSA) is 78.7 Å². The van der Waals surface area contributed by atoms with E-state index in [-0.39, 0.29) is 11.2 Å². The molecule has 1 aromatic carbocycles. The van der Waals surface area contributed by atoms with Gasteiger partial charge in [-0.05, 0) is 44.4 Å². The number of fused-ring (bicyclic) bond motifs is 3. The second-order valence-electron chi connectivity index (χ2n) is 9.45. The molecule has 0 amide bonds. The van der Waals surface area contributed by atoms with E-state index in [9.17, 15) is 9.59 Å². The van der Waals surface area contributed by atoms with Crippen molar-refractivity contribution in [3.8, 4) is 5.69 Å². The maximum atomic E-state index is 13.6. The molecule has 0 saturated carbocycles. The fourth-order valence-corrected chi connectivity index (χ4v) is 5.02. The van der Waals surface area contributed by atoms with Gasteiger partial charge in [-0.1, -0.05) is 25.5 Å². The Bertz CT molecular complexity index is 1480. The van der Waals surface area contributed by atoms with Crippen molar-refractivity contribution in [2.75, 3.05) is 32.8 Å². The van der Waals surface area contributed by atoms with Crippen LogP contribution in [0.1, 0.15) is 36.7 Å². The van der Waals surface area contributed by atoms with Crippen molar-refractivity contribution in [2.24, 2.45) is 7.05 Å². The number of morpholine rings is 1. The van der Waals surface area contributed by atoms with Gasteiger partial charge in [0.1, 0.15) is 0 Å². The van der Waals surface area contributed by atoms with Gasteiger partial charge in [0.15, 0.2) is 11.2 Å². The molecule has 35 heavy (non-hydrogen) atoms. The Morgan fingerprint density at radius 1 is 1.00 bits per heavy atom. The normalized spacial score (nSPS) is 15.0. The zero-order chi connectivity index (χ0) is 24.7. The highest BCUT2D eigenvalue weighted by molar-refractivity contribution is 5.77. The minimum absolute atomic E-state index is 0.293. The Balaban J connectivity index is 1.62. The molecule has 1 aliphatic rings. The molecule has 4 heterocycles. The number of aromatic nitrogens is 5. The summed E-state index contributed by atoms with van der Waals surface area (Å²) >= 11 is 0. The molecule has 0 aliphatic carbocycles. The van der Waals surface area contributed by atoms with Crippen LogP contribution in [0.25, 0.3) is 22.6 Å². The van der Waals surface area contributed by atoms with Gasteiger partial charge >= 0.3 is 5.69 Å². The monoisotopic (exact) mass is 478 g/mol. The first kappa shape index (κ1) is 23.6. The molecule has 9 heteroatoms. The standard InChI is InChI=1S/C26H34N6O3/c1-5-6-7-20-8-10-21(11-9-20)31-18(2)19(3)32-22-23(27-25(31)32)28(4)26(34)30(24(22)33)13-12-29-14-16-35-17-15-29/h8-11H,5-7,12-17H2,1-4H3. The van der Waals surface area contributed by atoms with Gasteiger partial charge in [0.25, 0.3) is 5.56 Å². The zero-order valence-electron chi connectivity index (χ0n) is 21.1. The van der Waals surface area contributed by atoms with Crippen molar-refractivity contribution in [3.05, 3.63) is 62.1 Å². The van der Waals surface area contributed by atoms with Gasteiger partial charge in [0.05, 0.1) is 13.2 Å². The number of rotatable bonds is 7. The van der Waals surface area contributed by atoms with E-state index >= 15 is 0 Å². The molecule has 4 aromatic rings. The van der Waals surface area contributed by atoms with Crippen LogP contribution < -0.4 is 11.2 Å². The van der Waals surface area contributed by atoms with Crippen LogP contribution in [0.4, 0.5) is 0 Å². The summed E-state index contributed by atoms with van der Waals surface area (Å²) in [5, 5.41) is 0. The van der Waals surface area contributed by atoms with Crippen molar-refractivity contribution in [1.82, 2.24) is 28.0 Å². The van der Waals surface area contributed by atoms with Gasteiger partial charge in [0.2, 0.25) is 5.78 Å². The number of benzene rings is 1. The lowest BCUT2D eigenvalue weighted by molar-refractivity contribution is 0.0361. The van der Waals surface area contributed by atoms with Crippen molar-refractivity contribution >= 4 is 16.9 Å². The van der Waals surface area contributed by atoms with E-state index in [1.165, 1.54) is 27.5 Å². The van der Waals surface area contributed by atoms with Gasteiger partial charge in [-0.25, -0.2) is 4.79 Å². The van der Waals surface area contributed by atoms with Crippen LogP contribution in [-0.4, -0.2) is 60.8 Å². The molecule has 1 fully saturated rings. The fraction of sp³-hybridized carbons (Fsp3) is 0.500. The summed E-state index contributed by atoms with van der Waals surface area (Å²) in [6.07, 6.45) is 3.40. The van der Waals surface area contributed by atoms with Crippen molar-refractivity contribution in [3.63, 3.8) is 0 Å². The van der Waals surface area contributed by atoms with E-state index in [0.717, 1.165) is 36.6 Å². The third-order valence-electron chi connectivity index (χ3n) is 7.28. The Hall–Kier alpha value is -3.17. The van der Waals surface area contributed by atoms with Crippen LogP contribution in [0.5, 0.6) is 0 Å². The number of hydrogen-bond donors (Lipinski definition) is 0. The summed E-state index contributed by atoms with van der Waals surface area (Å²) in [7, 11) is 1.69. The number of hydrogen-bond acceptors (Lipinski definition) is 5. The fourth-order valence-electron chi connectivity index (χ4n) is 5.02.